The van der Waals surface area contributed by atoms with E-state index in [0.29, 0.717) is 24.7 Å². The number of guanidine groups is 1. The Morgan fingerprint density at radius 3 is 2.62 bits per heavy atom. The summed E-state index contributed by atoms with van der Waals surface area (Å²) in [6.07, 6.45) is 0. The molecule has 3 N–H and O–H groups in total. The van der Waals surface area contributed by atoms with Crippen molar-refractivity contribution in [3.05, 3.63) is 59.9 Å². The number of methoxy groups -OCH3 is 1. The minimum atomic E-state index is -0.347. The van der Waals surface area contributed by atoms with Gasteiger partial charge >= 0.3 is 0 Å². The molecule has 0 unspecified atom stereocenters. The first-order valence-electron chi connectivity index (χ1n) is 8.31. The number of aliphatic imine (C=N–C) groups is 1. The Morgan fingerprint density at radius 1 is 1.15 bits per heavy atom. The van der Waals surface area contributed by atoms with Crippen molar-refractivity contribution in [2.75, 3.05) is 25.5 Å². The lowest BCUT2D eigenvalue weighted by Gasteiger charge is -2.12. The number of amides is 1. The molecule has 0 heterocycles. The highest BCUT2D eigenvalue weighted by Gasteiger charge is 2.05. The summed E-state index contributed by atoms with van der Waals surface area (Å²) in [6, 6.07) is 13.2. The van der Waals surface area contributed by atoms with Crippen LogP contribution in [-0.4, -0.2) is 32.1 Å². The van der Waals surface area contributed by atoms with Gasteiger partial charge in [0.1, 0.15) is 11.6 Å². The zero-order chi connectivity index (χ0) is 18.8. The van der Waals surface area contributed by atoms with Gasteiger partial charge in [-0.1, -0.05) is 12.1 Å². The van der Waals surface area contributed by atoms with E-state index in [1.54, 1.807) is 7.11 Å². The van der Waals surface area contributed by atoms with Gasteiger partial charge in [-0.2, -0.15) is 0 Å². The molecule has 7 heteroatoms. The van der Waals surface area contributed by atoms with Gasteiger partial charge in [0, 0.05) is 12.2 Å². The summed E-state index contributed by atoms with van der Waals surface area (Å²) in [4.78, 5) is 16.5. The molecule has 0 spiro atoms. The fourth-order valence-electron chi connectivity index (χ4n) is 2.19. The van der Waals surface area contributed by atoms with Crippen LogP contribution < -0.4 is 20.7 Å². The molecule has 0 aliphatic rings. The summed E-state index contributed by atoms with van der Waals surface area (Å²) in [5.74, 6) is 0.711. The van der Waals surface area contributed by atoms with Crippen molar-refractivity contribution in [1.29, 1.82) is 0 Å². The van der Waals surface area contributed by atoms with E-state index in [9.17, 15) is 9.18 Å². The maximum Gasteiger partial charge on any atom is 0.243 e. The molecule has 138 valence electrons. The van der Waals surface area contributed by atoms with Crippen LogP contribution >= 0.6 is 0 Å². The Labute approximate surface area is 152 Å². The van der Waals surface area contributed by atoms with Gasteiger partial charge in [0.15, 0.2) is 5.96 Å². The first-order valence-corrected chi connectivity index (χ1v) is 8.31. The largest absolute Gasteiger partial charge is 0.497 e. The van der Waals surface area contributed by atoms with Gasteiger partial charge in [-0.05, 0) is 48.9 Å². The molecule has 2 aromatic carbocycles. The molecule has 0 aliphatic carbocycles. The number of ether oxygens (including phenoxy) is 1. The van der Waals surface area contributed by atoms with Gasteiger partial charge in [-0.25, -0.2) is 9.38 Å². The zero-order valence-electron chi connectivity index (χ0n) is 14.9. The number of carbonyl (C=O) groups excluding carboxylic acids is 1. The molecule has 0 saturated carbocycles. The van der Waals surface area contributed by atoms with E-state index >= 15 is 0 Å². The SMILES string of the molecule is CCNC(=NCc1cccc(OC)c1)NCC(=O)Nc1ccc(F)cc1. The number of benzene rings is 2. The molecule has 0 fully saturated rings. The second-order valence-electron chi connectivity index (χ2n) is 5.46. The first kappa shape index (κ1) is 19.2. The van der Waals surface area contributed by atoms with Crippen molar-refractivity contribution in [2.24, 2.45) is 4.99 Å². The van der Waals surface area contributed by atoms with Crippen molar-refractivity contribution in [3.63, 3.8) is 0 Å². The number of carbonyl (C=O) groups is 1. The maximum atomic E-state index is 12.9. The van der Waals surface area contributed by atoms with Crippen LogP contribution in [0.3, 0.4) is 0 Å². The van der Waals surface area contributed by atoms with E-state index in [1.807, 2.05) is 31.2 Å². The molecule has 6 nitrogen and oxygen atoms in total. The highest BCUT2D eigenvalue weighted by Crippen LogP contribution is 2.13. The van der Waals surface area contributed by atoms with Crippen molar-refractivity contribution in [2.45, 2.75) is 13.5 Å². The number of nitrogens with zero attached hydrogens (tertiary/aromatic N) is 1. The van der Waals surface area contributed by atoms with Gasteiger partial charge in [0.25, 0.3) is 0 Å². The summed E-state index contributed by atoms with van der Waals surface area (Å²) in [5, 5.41) is 8.75. The monoisotopic (exact) mass is 358 g/mol. The summed E-state index contributed by atoms with van der Waals surface area (Å²) >= 11 is 0. The second-order valence-corrected chi connectivity index (χ2v) is 5.46. The van der Waals surface area contributed by atoms with Crippen LogP contribution in [0.15, 0.2) is 53.5 Å². The third-order valence-corrected chi connectivity index (χ3v) is 3.44. The van der Waals surface area contributed by atoms with E-state index in [4.69, 9.17) is 4.74 Å². The van der Waals surface area contributed by atoms with Gasteiger partial charge in [0.05, 0.1) is 20.2 Å². The number of anilines is 1. The standard InChI is InChI=1S/C19H23FN4O2/c1-3-21-19(22-12-14-5-4-6-17(11-14)26-2)23-13-18(25)24-16-9-7-15(20)8-10-16/h4-11H,3,12-13H2,1-2H3,(H,24,25)(H2,21,22,23). The first-order chi connectivity index (χ1) is 12.6. The molecule has 2 aromatic rings. The van der Waals surface area contributed by atoms with Gasteiger partial charge in [-0.3, -0.25) is 4.79 Å². The van der Waals surface area contributed by atoms with Crippen LogP contribution in [0.2, 0.25) is 0 Å². The quantitative estimate of drug-likeness (QED) is 0.525. The van der Waals surface area contributed by atoms with Crippen LogP contribution in [0.4, 0.5) is 10.1 Å². The molecule has 0 aliphatic heterocycles. The van der Waals surface area contributed by atoms with Gasteiger partial charge < -0.3 is 20.7 Å². The van der Waals surface area contributed by atoms with Crippen LogP contribution in [-0.2, 0) is 11.3 Å². The fraction of sp³-hybridized carbons (Fsp3) is 0.263. The molecular formula is C19H23FN4O2. The summed E-state index contributed by atoms with van der Waals surface area (Å²) < 4.78 is 18.1. The Hall–Kier alpha value is -3.09. The third-order valence-electron chi connectivity index (χ3n) is 3.44. The Kier molecular flexibility index (Phi) is 7.42. The lowest BCUT2D eigenvalue weighted by Crippen LogP contribution is -2.41. The molecule has 26 heavy (non-hydrogen) atoms. The highest BCUT2D eigenvalue weighted by atomic mass is 19.1. The number of nitrogens with one attached hydrogen (secondary N) is 3. The summed E-state index contributed by atoms with van der Waals surface area (Å²) in [6.45, 7) is 3.11. The minimum Gasteiger partial charge on any atom is -0.497 e. The van der Waals surface area contributed by atoms with Crippen LogP contribution in [0.5, 0.6) is 5.75 Å². The topological polar surface area (TPSA) is 74.8 Å². The molecule has 0 aromatic heterocycles. The minimum absolute atomic E-state index is 0.0430. The Morgan fingerprint density at radius 2 is 1.92 bits per heavy atom. The second kappa shape index (κ2) is 10.0. The maximum absolute atomic E-state index is 12.9. The van der Waals surface area contributed by atoms with Crippen molar-refractivity contribution < 1.29 is 13.9 Å². The molecule has 1 amide bonds. The molecule has 0 atom stereocenters. The van der Waals surface area contributed by atoms with Crippen molar-refractivity contribution in [1.82, 2.24) is 10.6 Å². The molecule has 0 bridgehead atoms. The predicted octanol–water partition coefficient (Wildman–Crippen LogP) is 2.53. The molecular weight excluding hydrogens is 335 g/mol. The average molecular weight is 358 g/mol. The van der Waals surface area contributed by atoms with Crippen LogP contribution in [0, 0.1) is 5.82 Å². The van der Waals surface area contributed by atoms with Gasteiger partial charge in [0.2, 0.25) is 5.91 Å². The lowest BCUT2D eigenvalue weighted by atomic mass is 10.2. The Bertz CT molecular complexity index is 747. The van der Waals surface area contributed by atoms with E-state index in [2.05, 4.69) is 20.9 Å². The number of rotatable bonds is 7. The predicted molar refractivity (Wildman–Crippen MR) is 101 cm³/mol. The van der Waals surface area contributed by atoms with E-state index in [1.165, 1.54) is 24.3 Å². The average Bonchev–Trinajstić information content (AvgIpc) is 2.66. The number of hydrogen-bond acceptors (Lipinski definition) is 3. The van der Waals surface area contributed by atoms with Crippen LogP contribution in [0.1, 0.15) is 12.5 Å². The van der Waals surface area contributed by atoms with E-state index in [-0.39, 0.29) is 18.3 Å². The van der Waals surface area contributed by atoms with Gasteiger partial charge in [-0.15, -0.1) is 0 Å². The number of hydrogen-bond donors (Lipinski definition) is 3. The van der Waals surface area contributed by atoms with Crippen molar-refractivity contribution in [3.8, 4) is 5.75 Å². The van der Waals surface area contributed by atoms with E-state index in [0.717, 1.165) is 11.3 Å². The normalized spacial score (nSPS) is 11.0. The number of halogens is 1. The highest BCUT2D eigenvalue weighted by molar-refractivity contribution is 5.94. The molecule has 2 rings (SSSR count). The lowest BCUT2D eigenvalue weighted by molar-refractivity contribution is -0.115. The fourth-order valence-corrected chi connectivity index (χ4v) is 2.19. The smallest absolute Gasteiger partial charge is 0.243 e. The Balaban J connectivity index is 1.89. The zero-order valence-corrected chi connectivity index (χ0v) is 14.9. The van der Waals surface area contributed by atoms with Crippen molar-refractivity contribution >= 4 is 17.6 Å². The summed E-state index contributed by atoms with van der Waals surface area (Å²) in [5.41, 5.74) is 1.54. The third kappa shape index (κ3) is 6.43. The summed E-state index contributed by atoms with van der Waals surface area (Å²) in [7, 11) is 1.62. The van der Waals surface area contributed by atoms with E-state index < -0.39 is 0 Å². The molecule has 0 radical (unpaired) electrons. The van der Waals surface area contributed by atoms with Crippen LogP contribution in [0.25, 0.3) is 0 Å². The molecule has 0 saturated heterocycles.